The van der Waals surface area contributed by atoms with Crippen molar-refractivity contribution in [2.75, 3.05) is 14.2 Å². The van der Waals surface area contributed by atoms with Crippen molar-refractivity contribution in [1.82, 2.24) is 0 Å². The lowest BCUT2D eigenvalue weighted by molar-refractivity contribution is 0.238. The van der Waals surface area contributed by atoms with Gasteiger partial charge in [0, 0.05) is 14.2 Å². The molecule has 1 atom stereocenters. The Balaban J connectivity index is 2.89. The van der Waals surface area contributed by atoms with Crippen LogP contribution in [0.1, 0.15) is 11.2 Å². The number of hydrogen-bond donors (Lipinski definition) is 1. The zero-order valence-corrected chi connectivity index (χ0v) is 9.86. The van der Waals surface area contributed by atoms with Crippen molar-refractivity contribution in [3.63, 3.8) is 0 Å². The molecule has 1 aromatic carbocycles. The molecular weight excluding hydrogens is 194 g/mol. The van der Waals surface area contributed by atoms with Crippen molar-refractivity contribution in [2.45, 2.75) is 12.2 Å². The van der Waals surface area contributed by atoms with Crippen LogP contribution in [0.15, 0.2) is 30.3 Å². The average molecular weight is 211 g/mol. The normalized spacial score (nSPS) is 14.0. The molecule has 2 N–H and O–H groups in total. The maximum Gasteiger partial charge on any atom is 0.356 e. The third kappa shape index (κ3) is 2.22. The van der Waals surface area contributed by atoms with Crippen LogP contribution in [-0.4, -0.2) is 22.8 Å². The first-order valence-electron chi connectivity index (χ1n) is 4.55. The summed E-state index contributed by atoms with van der Waals surface area (Å²) in [5.74, 6) is 0. The van der Waals surface area contributed by atoms with Crippen LogP contribution >= 0.6 is 0 Å². The van der Waals surface area contributed by atoms with Gasteiger partial charge < -0.3 is 14.6 Å². The van der Waals surface area contributed by atoms with Gasteiger partial charge in [-0.25, -0.2) is 0 Å². The van der Waals surface area contributed by atoms with Crippen molar-refractivity contribution >= 4 is 8.56 Å². The second kappa shape index (κ2) is 4.70. The maximum atomic E-state index is 6.11. The topological polar surface area (TPSA) is 44.5 Å². The van der Waals surface area contributed by atoms with Gasteiger partial charge in [0.05, 0.1) is 5.67 Å². The quantitative estimate of drug-likeness (QED) is 0.769. The van der Waals surface area contributed by atoms with Gasteiger partial charge in [-0.05, 0) is 12.1 Å². The van der Waals surface area contributed by atoms with Gasteiger partial charge in [0.2, 0.25) is 0 Å². The summed E-state index contributed by atoms with van der Waals surface area (Å²) in [5, 5.41) is 0. The van der Waals surface area contributed by atoms with E-state index in [1.165, 1.54) is 0 Å². The largest absolute Gasteiger partial charge is 0.397 e. The molecule has 0 saturated carbocycles. The molecule has 3 nitrogen and oxygen atoms in total. The van der Waals surface area contributed by atoms with Gasteiger partial charge in [-0.1, -0.05) is 30.3 Å². The van der Waals surface area contributed by atoms with Crippen molar-refractivity contribution < 1.29 is 8.85 Å². The zero-order valence-electron chi connectivity index (χ0n) is 8.86. The first-order chi connectivity index (χ1) is 6.64. The number of benzene rings is 1. The minimum atomic E-state index is -2.26. The van der Waals surface area contributed by atoms with Crippen molar-refractivity contribution in [3.05, 3.63) is 35.9 Å². The van der Waals surface area contributed by atoms with Crippen LogP contribution in [0.4, 0.5) is 0 Å². The number of nitrogens with two attached hydrogens (primary N) is 1. The molecule has 0 aliphatic rings. The molecule has 0 spiro atoms. The predicted octanol–water partition coefficient (Wildman–Crippen LogP) is 1.59. The summed E-state index contributed by atoms with van der Waals surface area (Å²) in [4.78, 5) is 0. The second-order valence-corrected chi connectivity index (χ2v) is 6.78. The van der Waals surface area contributed by atoms with Crippen LogP contribution in [0.25, 0.3) is 0 Å². The predicted molar refractivity (Wildman–Crippen MR) is 59.0 cm³/mol. The maximum absolute atomic E-state index is 6.11. The van der Waals surface area contributed by atoms with Crippen LogP contribution in [-0.2, 0) is 8.85 Å². The van der Waals surface area contributed by atoms with Gasteiger partial charge in [-0.3, -0.25) is 0 Å². The van der Waals surface area contributed by atoms with Gasteiger partial charge in [0.1, 0.15) is 0 Å². The highest BCUT2D eigenvalue weighted by molar-refractivity contribution is 6.67. The Morgan fingerprint density at radius 2 is 1.64 bits per heavy atom. The lowest BCUT2D eigenvalue weighted by Crippen LogP contribution is -2.47. The Bertz CT molecular complexity index is 275. The molecule has 1 aromatic rings. The SMILES string of the molecule is CO[Si](C)(OC)C(N)c1ccccc1. The van der Waals surface area contributed by atoms with Gasteiger partial charge in [-0.2, -0.15) is 0 Å². The van der Waals surface area contributed by atoms with E-state index in [1.807, 2.05) is 36.9 Å². The van der Waals surface area contributed by atoms with Crippen molar-refractivity contribution in [1.29, 1.82) is 0 Å². The van der Waals surface area contributed by atoms with Crippen LogP contribution in [0.2, 0.25) is 6.55 Å². The van der Waals surface area contributed by atoms with E-state index in [9.17, 15) is 0 Å². The lowest BCUT2D eigenvalue weighted by Gasteiger charge is -2.29. The molecule has 0 aliphatic carbocycles. The zero-order chi connectivity index (χ0) is 10.6. The molecule has 0 fully saturated rings. The average Bonchev–Trinajstić information content (AvgIpc) is 2.28. The summed E-state index contributed by atoms with van der Waals surface area (Å²) >= 11 is 0. The van der Waals surface area contributed by atoms with E-state index in [4.69, 9.17) is 14.6 Å². The third-order valence-corrected chi connectivity index (χ3v) is 5.62. The van der Waals surface area contributed by atoms with Crippen LogP contribution in [0.5, 0.6) is 0 Å². The van der Waals surface area contributed by atoms with E-state index in [-0.39, 0.29) is 5.67 Å². The number of rotatable bonds is 4. The summed E-state index contributed by atoms with van der Waals surface area (Å²) in [5.41, 5.74) is 7.01. The van der Waals surface area contributed by atoms with Crippen molar-refractivity contribution in [2.24, 2.45) is 5.73 Å². The Kier molecular flexibility index (Phi) is 3.83. The van der Waals surface area contributed by atoms with Crippen LogP contribution < -0.4 is 5.73 Å². The van der Waals surface area contributed by atoms with E-state index < -0.39 is 8.56 Å². The Hall–Kier alpha value is -0.683. The van der Waals surface area contributed by atoms with Gasteiger partial charge in [0.15, 0.2) is 0 Å². The van der Waals surface area contributed by atoms with Gasteiger partial charge >= 0.3 is 8.56 Å². The Morgan fingerprint density at radius 3 is 2.07 bits per heavy atom. The lowest BCUT2D eigenvalue weighted by atomic mass is 10.2. The summed E-state index contributed by atoms with van der Waals surface area (Å²) in [7, 11) is 1.04. The summed E-state index contributed by atoms with van der Waals surface area (Å²) < 4.78 is 10.8. The van der Waals surface area contributed by atoms with E-state index in [2.05, 4.69) is 0 Å². The molecule has 14 heavy (non-hydrogen) atoms. The first kappa shape index (κ1) is 11.4. The van der Waals surface area contributed by atoms with Crippen LogP contribution in [0, 0.1) is 0 Å². The summed E-state index contributed by atoms with van der Waals surface area (Å²) in [6.07, 6.45) is 0. The fraction of sp³-hybridized carbons (Fsp3) is 0.400. The van der Waals surface area contributed by atoms with Gasteiger partial charge in [0.25, 0.3) is 0 Å². The molecule has 0 aliphatic heterocycles. The van der Waals surface area contributed by atoms with E-state index >= 15 is 0 Å². The molecular formula is C10H17NO2Si. The molecule has 0 aromatic heterocycles. The molecule has 0 radical (unpaired) electrons. The highest BCUT2D eigenvalue weighted by Crippen LogP contribution is 2.22. The van der Waals surface area contributed by atoms with Gasteiger partial charge in [-0.15, -0.1) is 0 Å². The van der Waals surface area contributed by atoms with E-state index in [0.29, 0.717) is 0 Å². The fourth-order valence-corrected chi connectivity index (χ4v) is 2.77. The molecule has 0 bridgehead atoms. The molecule has 0 saturated heterocycles. The molecule has 78 valence electrons. The molecule has 0 heterocycles. The molecule has 0 amide bonds. The minimum Gasteiger partial charge on any atom is -0.397 e. The van der Waals surface area contributed by atoms with E-state index in [1.54, 1.807) is 14.2 Å². The smallest absolute Gasteiger partial charge is 0.356 e. The third-order valence-electron chi connectivity index (χ3n) is 2.53. The monoisotopic (exact) mass is 211 g/mol. The summed E-state index contributed by atoms with van der Waals surface area (Å²) in [6.45, 7) is 1.96. The standard InChI is InChI=1S/C10H17NO2Si/c1-12-14(3,13-2)10(11)9-7-5-4-6-8-9/h4-8,10H,11H2,1-3H3. The highest BCUT2D eigenvalue weighted by atomic mass is 28.4. The first-order valence-corrected chi connectivity index (χ1v) is 6.94. The minimum absolute atomic E-state index is 0.154. The Labute approximate surface area is 86.1 Å². The molecule has 4 heteroatoms. The summed E-state index contributed by atoms with van der Waals surface area (Å²) in [6, 6.07) is 9.89. The number of hydrogen-bond acceptors (Lipinski definition) is 3. The molecule has 1 unspecified atom stereocenters. The Morgan fingerprint density at radius 1 is 1.14 bits per heavy atom. The highest BCUT2D eigenvalue weighted by Gasteiger charge is 2.37. The second-order valence-electron chi connectivity index (χ2n) is 3.31. The van der Waals surface area contributed by atoms with Crippen LogP contribution in [0.3, 0.4) is 0 Å². The van der Waals surface area contributed by atoms with Crippen molar-refractivity contribution in [3.8, 4) is 0 Å². The fourth-order valence-electron chi connectivity index (χ4n) is 1.30. The molecule has 1 rings (SSSR count). The van der Waals surface area contributed by atoms with E-state index in [0.717, 1.165) is 5.56 Å².